The van der Waals surface area contributed by atoms with Gasteiger partial charge >= 0.3 is 6.09 Å². The van der Waals surface area contributed by atoms with Crippen molar-refractivity contribution >= 4 is 12.0 Å². The lowest BCUT2D eigenvalue weighted by Gasteiger charge is -2.36. The fourth-order valence-electron chi connectivity index (χ4n) is 4.18. The number of rotatable bonds is 5. The molecule has 0 spiro atoms. The van der Waals surface area contributed by atoms with Crippen LogP contribution in [0.5, 0.6) is 0 Å². The van der Waals surface area contributed by atoms with Gasteiger partial charge in [-0.25, -0.2) is 4.79 Å². The minimum absolute atomic E-state index is 0.0243. The molecule has 3 rings (SSSR count). The lowest BCUT2D eigenvalue weighted by molar-refractivity contribution is -0.127. The normalized spacial score (nSPS) is 22.1. The van der Waals surface area contributed by atoms with E-state index >= 15 is 0 Å². The molecule has 2 atom stereocenters. The largest absolute Gasteiger partial charge is 0.444 e. The van der Waals surface area contributed by atoms with Crippen molar-refractivity contribution in [3.05, 3.63) is 35.9 Å². The number of nitrogens with zero attached hydrogens (tertiary/aromatic N) is 3. The van der Waals surface area contributed by atoms with E-state index in [0.717, 1.165) is 51.1 Å². The minimum atomic E-state index is -0.535. The van der Waals surface area contributed by atoms with Crippen LogP contribution in [0.4, 0.5) is 4.79 Å². The van der Waals surface area contributed by atoms with E-state index in [1.807, 2.05) is 39.0 Å². The number of likely N-dealkylation sites (N-methyl/N-ethyl adjacent to an activating group) is 1. The van der Waals surface area contributed by atoms with Crippen LogP contribution in [0.15, 0.2) is 30.3 Å². The average Bonchev–Trinajstić information content (AvgIpc) is 2.74. The summed E-state index contributed by atoms with van der Waals surface area (Å²) in [7, 11) is 2.15. The van der Waals surface area contributed by atoms with Gasteiger partial charge in [0.05, 0.1) is 12.0 Å². The Morgan fingerprint density at radius 1 is 1.10 bits per heavy atom. The zero-order valence-electron chi connectivity index (χ0n) is 19.5. The number of benzene rings is 1. The topological polar surface area (TPSA) is 65.1 Å². The van der Waals surface area contributed by atoms with Crippen LogP contribution in [0.3, 0.4) is 0 Å². The van der Waals surface area contributed by atoms with E-state index < -0.39 is 5.60 Å². The van der Waals surface area contributed by atoms with Crippen LogP contribution in [0, 0.1) is 5.92 Å². The molecule has 2 aliphatic heterocycles. The summed E-state index contributed by atoms with van der Waals surface area (Å²) >= 11 is 0. The number of carbonyl (C=O) groups excluding carboxylic acids is 2. The summed E-state index contributed by atoms with van der Waals surface area (Å²) in [6.45, 7) is 11.5. The maximum absolute atomic E-state index is 13.2. The number of amides is 2. The van der Waals surface area contributed by atoms with Gasteiger partial charge in [-0.15, -0.1) is 0 Å². The van der Waals surface area contributed by atoms with Gasteiger partial charge in [-0.3, -0.25) is 9.69 Å². The van der Waals surface area contributed by atoms with Crippen LogP contribution in [0.2, 0.25) is 0 Å². The van der Waals surface area contributed by atoms with Gasteiger partial charge in [-0.2, -0.15) is 0 Å². The molecular formula is C24H38N4O3. The fraction of sp³-hybridized carbons (Fsp3) is 0.667. The number of nitrogens with one attached hydrogen (secondary N) is 1. The van der Waals surface area contributed by atoms with E-state index in [4.69, 9.17) is 4.74 Å². The molecule has 2 amide bonds. The number of piperidine rings is 1. The highest BCUT2D eigenvalue weighted by atomic mass is 16.6. The molecule has 2 heterocycles. The zero-order valence-corrected chi connectivity index (χ0v) is 19.5. The molecule has 2 fully saturated rings. The fourth-order valence-corrected chi connectivity index (χ4v) is 4.18. The number of hydrogen-bond acceptors (Lipinski definition) is 5. The number of hydrogen-bond donors (Lipinski definition) is 1. The van der Waals surface area contributed by atoms with Crippen LogP contribution in [0.1, 0.15) is 45.2 Å². The van der Waals surface area contributed by atoms with Crippen molar-refractivity contribution in [3.63, 3.8) is 0 Å². The van der Waals surface area contributed by atoms with Gasteiger partial charge in [0.1, 0.15) is 5.60 Å². The second-order valence-corrected chi connectivity index (χ2v) is 9.84. The first-order valence-corrected chi connectivity index (χ1v) is 11.5. The van der Waals surface area contributed by atoms with Gasteiger partial charge < -0.3 is 19.9 Å². The summed E-state index contributed by atoms with van der Waals surface area (Å²) in [4.78, 5) is 32.1. The van der Waals surface area contributed by atoms with Crippen molar-refractivity contribution in [2.45, 2.75) is 45.3 Å². The summed E-state index contributed by atoms with van der Waals surface area (Å²) in [6, 6.07) is 10.1. The summed E-state index contributed by atoms with van der Waals surface area (Å²) in [5.74, 6) is -0.184. The summed E-state index contributed by atoms with van der Waals surface area (Å²) < 4.78 is 5.51. The molecule has 0 saturated carbocycles. The molecule has 0 bridgehead atoms. The van der Waals surface area contributed by atoms with Gasteiger partial charge in [0.25, 0.3) is 0 Å². The molecule has 172 valence electrons. The molecule has 0 aromatic heterocycles. The highest BCUT2D eigenvalue weighted by Gasteiger charge is 2.32. The monoisotopic (exact) mass is 430 g/mol. The Bertz CT molecular complexity index is 726. The second-order valence-electron chi connectivity index (χ2n) is 9.84. The standard InChI is InChI=1S/C24H38N4O3/c1-24(2,3)31-23(30)28-12-8-11-20(17-28)22(29)25-21(19-9-6-5-7-10-19)18-27-15-13-26(4)14-16-27/h5-7,9-10,20-21H,8,11-18H2,1-4H3,(H,25,29). The summed E-state index contributed by atoms with van der Waals surface area (Å²) in [6.07, 6.45) is 1.27. The highest BCUT2D eigenvalue weighted by Crippen LogP contribution is 2.22. The lowest BCUT2D eigenvalue weighted by atomic mass is 9.96. The Kier molecular flexibility index (Phi) is 7.94. The molecule has 7 heteroatoms. The Morgan fingerprint density at radius 3 is 2.42 bits per heavy atom. The van der Waals surface area contributed by atoms with Crippen molar-refractivity contribution in [2.24, 2.45) is 5.92 Å². The first kappa shape index (κ1) is 23.5. The molecule has 2 saturated heterocycles. The van der Waals surface area contributed by atoms with Crippen LogP contribution in [-0.2, 0) is 9.53 Å². The lowest BCUT2D eigenvalue weighted by Crippen LogP contribution is -2.50. The summed E-state index contributed by atoms with van der Waals surface area (Å²) in [5.41, 5.74) is 0.585. The molecule has 7 nitrogen and oxygen atoms in total. The minimum Gasteiger partial charge on any atom is -0.444 e. The second kappa shape index (κ2) is 10.5. The van der Waals surface area contributed by atoms with Crippen LogP contribution >= 0.6 is 0 Å². The van der Waals surface area contributed by atoms with E-state index in [1.165, 1.54) is 0 Å². The van der Waals surface area contributed by atoms with E-state index in [9.17, 15) is 9.59 Å². The van der Waals surface area contributed by atoms with Crippen molar-refractivity contribution in [3.8, 4) is 0 Å². The quantitative estimate of drug-likeness (QED) is 0.778. The van der Waals surface area contributed by atoms with Gasteiger partial charge in [0, 0.05) is 45.8 Å². The molecule has 2 aliphatic rings. The predicted octanol–water partition coefficient (Wildman–Crippen LogP) is 2.74. The molecule has 2 unspecified atom stereocenters. The van der Waals surface area contributed by atoms with E-state index in [0.29, 0.717) is 13.1 Å². The molecule has 1 aromatic carbocycles. The third kappa shape index (κ3) is 7.21. The first-order valence-electron chi connectivity index (χ1n) is 11.5. The third-order valence-electron chi connectivity index (χ3n) is 6.00. The van der Waals surface area contributed by atoms with Crippen LogP contribution in [0.25, 0.3) is 0 Å². The van der Waals surface area contributed by atoms with E-state index in [1.54, 1.807) is 4.90 Å². The summed E-state index contributed by atoms with van der Waals surface area (Å²) in [5, 5.41) is 3.30. The molecule has 0 radical (unpaired) electrons. The Hall–Kier alpha value is -2.12. The highest BCUT2D eigenvalue weighted by molar-refractivity contribution is 5.80. The Balaban J connectivity index is 1.63. The Morgan fingerprint density at radius 2 is 1.77 bits per heavy atom. The maximum atomic E-state index is 13.2. The number of likely N-dealkylation sites (tertiary alicyclic amines) is 1. The maximum Gasteiger partial charge on any atom is 0.410 e. The number of carbonyl (C=O) groups is 2. The number of piperazine rings is 1. The van der Waals surface area contributed by atoms with Gasteiger partial charge in [0.15, 0.2) is 0 Å². The van der Waals surface area contributed by atoms with Crippen molar-refractivity contribution in [1.29, 1.82) is 0 Å². The molecular weight excluding hydrogens is 392 g/mol. The van der Waals surface area contributed by atoms with Crippen molar-refractivity contribution in [1.82, 2.24) is 20.0 Å². The smallest absolute Gasteiger partial charge is 0.410 e. The van der Waals surface area contributed by atoms with Gasteiger partial charge in [-0.05, 0) is 46.2 Å². The first-order chi connectivity index (χ1) is 14.7. The van der Waals surface area contributed by atoms with E-state index in [-0.39, 0.29) is 24.0 Å². The number of ether oxygens (including phenoxy) is 1. The average molecular weight is 431 g/mol. The van der Waals surface area contributed by atoms with Gasteiger partial charge in [-0.1, -0.05) is 30.3 Å². The van der Waals surface area contributed by atoms with E-state index in [2.05, 4.69) is 34.3 Å². The van der Waals surface area contributed by atoms with Gasteiger partial charge in [0.2, 0.25) is 5.91 Å². The molecule has 1 N–H and O–H groups in total. The SMILES string of the molecule is CN1CCN(CC(NC(=O)C2CCCN(C(=O)OC(C)(C)C)C2)c2ccccc2)CC1. The Labute approximate surface area is 186 Å². The molecule has 1 aromatic rings. The van der Waals surface area contributed by atoms with Crippen LogP contribution < -0.4 is 5.32 Å². The van der Waals surface area contributed by atoms with Crippen molar-refractivity contribution < 1.29 is 14.3 Å². The molecule has 0 aliphatic carbocycles. The predicted molar refractivity (Wildman–Crippen MR) is 122 cm³/mol. The third-order valence-corrected chi connectivity index (χ3v) is 6.00. The van der Waals surface area contributed by atoms with Crippen molar-refractivity contribution in [2.75, 3.05) is 52.9 Å². The molecule has 31 heavy (non-hydrogen) atoms. The van der Waals surface area contributed by atoms with Crippen LogP contribution in [-0.4, -0.2) is 85.2 Å². The zero-order chi connectivity index (χ0) is 22.4.